The number of carbonyl (C=O) groups is 2. The molecular weight excluding hydrogens is 368 g/mol. The summed E-state index contributed by atoms with van der Waals surface area (Å²) in [7, 11) is -2.65. The second kappa shape index (κ2) is 7.99. The second-order valence-electron chi connectivity index (χ2n) is 7.05. The van der Waals surface area contributed by atoms with E-state index in [1.54, 1.807) is 0 Å². The molecule has 1 heterocycles. The largest absolute Gasteiger partial charge is 0.333 e. The third-order valence-electron chi connectivity index (χ3n) is 4.26. The number of nitrogens with one attached hydrogen (secondary N) is 3. The number of urea groups is 2. The van der Waals surface area contributed by atoms with Crippen molar-refractivity contribution in [2.75, 3.05) is 18.9 Å². The van der Waals surface area contributed by atoms with Crippen molar-refractivity contribution in [2.24, 2.45) is 0 Å². The Morgan fingerprint density at radius 3 is 2.19 bits per heavy atom. The zero-order chi connectivity index (χ0) is 20.4. The van der Waals surface area contributed by atoms with Crippen molar-refractivity contribution < 1.29 is 18.0 Å². The van der Waals surface area contributed by atoms with Crippen LogP contribution in [0.15, 0.2) is 29.3 Å². The van der Waals surface area contributed by atoms with Crippen LogP contribution < -0.4 is 15.4 Å². The Bertz CT molecular complexity index is 849. The maximum Gasteiger partial charge on any atom is 0.333 e. The van der Waals surface area contributed by atoms with Crippen LogP contribution in [-0.4, -0.2) is 39.0 Å². The number of sulfonamides is 1. The molecule has 0 atom stereocenters. The van der Waals surface area contributed by atoms with E-state index in [0.29, 0.717) is 5.69 Å². The van der Waals surface area contributed by atoms with Crippen LogP contribution in [0.5, 0.6) is 0 Å². The number of rotatable bonds is 5. The Kier molecular flexibility index (Phi) is 6.15. The van der Waals surface area contributed by atoms with E-state index in [-0.39, 0.29) is 23.3 Å². The van der Waals surface area contributed by atoms with Gasteiger partial charge in [0.2, 0.25) is 0 Å². The lowest BCUT2D eigenvalue weighted by Gasteiger charge is -2.23. The topological polar surface area (TPSA) is 108 Å². The van der Waals surface area contributed by atoms with E-state index in [1.807, 2.05) is 50.6 Å². The normalized spacial score (nSPS) is 14.9. The molecule has 0 aliphatic carbocycles. The molecule has 9 heteroatoms. The number of amides is 4. The minimum atomic E-state index is -4.08. The Hall–Kier alpha value is -2.55. The number of nitrogens with zero attached hydrogens (tertiary/aromatic N) is 1. The van der Waals surface area contributed by atoms with E-state index in [0.717, 1.165) is 16.0 Å². The molecule has 8 nitrogen and oxygen atoms in total. The fourth-order valence-electron chi connectivity index (χ4n) is 2.79. The lowest BCUT2D eigenvalue weighted by Crippen LogP contribution is -2.44. The highest BCUT2D eigenvalue weighted by molar-refractivity contribution is 7.94. The minimum Gasteiger partial charge on any atom is -0.333 e. The SMILES string of the molecule is CC(C)c1cccc(C(C)C)c1NC(=O)NS(=O)(=O)C1=CN(C)C(=O)NC1. The summed E-state index contributed by atoms with van der Waals surface area (Å²) >= 11 is 0. The molecule has 0 saturated carbocycles. The third kappa shape index (κ3) is 4.79. The summed E-state index contributed by atoms with van der Waals surface area (Å²) < 4.78 is 26.9. The van der Waals surface area contributed by atoms with Gasteiger partial charge in [0.15, 0.2) is 0 Å². The standard InChI is InChI=1S/C18H26N4O4S/c1-11(2)14-7-6-8-15(12(3)4)16(14)20-17(23)21-27(25,26)13-9-19-18(24)22(5)10-13/h6-8,10-12H,9H2,1-5H3,(H,19,24)(H2,20,21,23). The fraction of sp³-hybridized carbons (Fsp3) is 0.444. The van der Waals surface area contributed by atoms with Gasteiger partial charge in [-0.2, -0.15) is 0 Å². The van der Waals surface area contributed by atoms with E-state index in [4.69, 9.17) is 0 Å². The monoisotopic (exact) mass is 394 g/mol. The van der Waals surface area contributed by atoms with Crippen LogP contribution in [0, 0.1) is 0 Å². The molecular formula is C18H26N4O4S. The van der Waals surface area contributed by atoms with E-state index in [9.17, 15) is 18.0 Å². The van der Waals surface area contributed by atoms with Crippen molar-refractivity contribution in [1.29, 1.82) is 0 Å². The van der Waals surface area contributed by atoms with Crippen molar-refractivity contribution in [2.45, 2.75) is 39.5 Å². The summed E-state index contributed by atoms with van der Waals surface area (Å²) in [5.41, 5.74) is 2.48. The number of benzene rings is 1. The Morgan fingerprint density at radius 1 is 1.15 bits per heavy atom. The molecule has 1 aromatic rings. The van der Waals surface area contributed by atoms with Gasteiger partial charge in [-0.1, -0.05) is 45.9 Å². The molecule has 2 rings (SSSR count). The number of hydrogen-bond donors (Lipinski definition) is 3. The fourth-order valence-corrected chi connectivity index (χ4v) is 3.78. The molecule has 0 saturated heterocycles. The van der Waals surface area contributed by atoms with Gasteiger partial charge in [-0.3, -0.25) is 0 Å². The summed E-state index contributed by atoms with van der Waals surface area (Å²) in [6.45, 7) is 7.84. The molecule has 0 unspecified atom stereocenters. The first-order valence-electron chi connectivity index (χ1n) is 8.71. The lowest BCUT2D eigenvalue weighted by atomic mass is 9.93. The minimum absolute atomic E-state index is 0.0963. The molecule has 3 N–H and O–H groups in total. The number of para-hydroxylation sites is 1. The van der Waals surface area contributed by atoms with Crippen molar-refractivity contribution in [3.05, 3.63) is 40.4 Å². The summed E-state index contributed by atoms with van der Waals surface area (Å²) in [4.78, 5) is 24.9. The quantitative estimate of drug-likeness (QED) is 0.713. The summed E-state index contributed by atoms with van der Waals surface area (Å²) in [5.74, 6) is 0.307. The lowest BCUT2D eigenvalue weighted by molar-refractivity contribution is 0.221. The van der Waals surface area contributed by atoms with Crippen molar-refractivity contribution in [3.63, 3.8) is 0 Å². The molecule has 0 spiro atoms. The molecule has 1 aliphatic rings. The maximum atomic E-state index is 12.5. The Labute approximate surface area is 160 Å². The molecule has 4 amide bonds. The van der Waals surface area contributed by atoms with Gasteiger partial charge in [0.05, 0.1) is 6.54 Å². The zero-order valence-electron chi connectivity index (χ0n) is 16.2. The molecule has 0 bridgehead atoms. The van der Waals surface area contributed by atoms with Crippen molar-refractivity contribution >= 4 is 27.8 Å². The highest BCUT2D eigenvalue weighted by atomic mass is 32.2. The predicted octanol–water partition coefficient (Wildman–Crippen LogP) is 2.88. The summed E-state index contributed by atoms with van der Waals surface area (Å²) in [5, 5.41) is 5.13. The first-order valence-corrected chi connectivity index (χ1v) is 10.2. The van der Waals surface area contributed by atoms with Crippen molar-refractivity contribution in [3.8, 4) is 0 Å². The number of carbonyl (C=O) groups excluding carboxylic acids is 2. The van der Waals surface area contributed by atoms with Crippen LogP contribution in [0.1, 0.15) is 50.7 Å². The van der Waals surface area contributed by atoms with Crippen LogP contribution in [0.4, 0.5) is 15.3 Å². The number of anilines is 1. The van der Waals surface area contributed by atoms with E-state index in [2.05, 4.69) is 10.6 Å². The average molecular weight is 394 g/mol. The van der Waals surface area contributed by atoms with Gasteiger partial charge in [0.1, 0.15) is 4.91 Å². The van der Waals surface area contributed by atoms with Gasteiger partial charge in [0, 0.05) is 18.9 Å². The van der Waals surface area contributed by atoms with Crippen LogP contribution in [-0.2, 0) is 10.0 Å². The smallest absolute Gasteiger partial charge is 0.333 e. The van der Waals surface area contributed by atoms with Gasteiger partial charge in [-0.25, -0.2) is 22.7 Å². The Morgan fingerprint density at radius 2 is 1.70 bits per heavy atom. The van der Waals surface area contributed by atoms with Gasteiger partial charge >= 0.3 is 12.1 Å². The molecule has 0 radical (unpaired) electrons. The molecule has 0 fully saturated rings. The van der Waals surface area contributed by atoms with Crippen molar-refractivity contribution in [1.82, 2.24) is 14.9 Å². The zero-order valence-corrected chi connectivity index (χ0v) is 17.0. The van der Waals surface area contributed by atoms with Gasteiger partial charge < -0.3 is 15.5 Å². The van der Waals surface area contributed by atoms with Crippen LogP contribution in [0.2, 0.25) is 0 Å². The maximum absolute atomic E-state index is 12.5. The van der Waals surface area contributed by atoms with Crippen LogP contribution >= 0.6 is 0 Å². The molecule has 27 heavy (non-hydrogen) atoms. The van der Waals surface area contributed by atoms with Crippen LogP contribution in [0.3, 0.4) is 0 Å². The highest BCUT2D eigenvalue weighted by Gasteiger charge is 2.27. The summed E-state index contributed by atoms with van der Waals surface area (Å²) in [6.07, 6.45) is 1.19. The third-order valence-corrected chi connectivity index (χ3v) is 5.65. The average Bonchev–Trinajstić information content (AvgIpc) is 2.56. The van der Waals surface area contributed by atoms with E-state index in [1.165, 1.54) is 13.2 Å². The molecule has 148 valence electrons. The predicted molar refractivity (Wildman–Crippen MR) is 105 cm³/mol. The highest BCUT2D eigenvalue weighted by Crippen LogP contribution is 2.32. The van der Waals surface area contributed by atoms with Gasteiger partial charge in [-0.05, 0) is 23.0 Å². The van der Waals surface area contributed by atoms with Gasteiger partial charge in [-0.15, -0.1) is 0 Å². The number of hydrogen-bond acceptors (Lipinski definition) is 4. The van der Waals surface area contributed by atoms with Gasteiger partial charge in [0.25, 0.3) is 10.0 Å². The first-order chi connectivity index (χ1) is 12.5. The second-order valence-corrected chi connectivity index (χ2v) is 8.78. The molecule has 0 aromatic heterocycles. The Balaban J connectivity index is 2.26. The van der Waals surface area contributed by atoms with Crippen LogP contribution in [0.25, 0.3) is 0 Å². The van der Waals surface area contributed by atoms with E-state index >= 15 is 0 Å². The molecule has 1 aliphatic heterocycles. The summed E-state index contributed by atoms with van der Waals surface area (Å²) in [6, 6.07) is 4.50. The first kappa shape index (κ1) is 20.8. The molecule has 1 aromatic carbocycles. The van der Waals surface area contributed by atoms with E-state index < -0.39 is 22.1 Å².